The molecule has 0 bridgehead atoms. The number of carbonyl (C=O) groups excluding carboxylic acids is 2. The van der Waals surface area contributed by atoms with Gasteiger partial charge in [0.15, 0.2) is 0 Å². The fourth-order valence-electron chi connectivity index (χ4n) is 2.58. The second-order valence-electron chi connectivity index (χ2n) is 6.36. The zero-order valence-corrected chi connectivity index (χ0v) is 12.2. The van der Waals surface area contributed by atoms with Gasteiger partial charge in [0.25, 0.3) is 0 Å². The first-order chi connectivity index (χ1) is 8.76. The number of ether oxygens (including phenoxy) is 1. The van der Waals surface area contributed by atoms with Gasteiger partial charge in [-0.15, -0.1) is 0 Å². The average Bonchev–Trinajstić information content (AvgIpc) is 2.25. The lowest BCUT2D eigenvalue weighted by molar-refractivity contribution is -0.142. The third-order valence-electron chi connectivity index (χ3n) is 3.38. The number of hydrogen-bond acceptors (Lipinski definition) is 4. The molecule has 6 nitrogen and oxygen atoms in total. The molecule has 1 atom stereocenters. The summed E-state index contributed by atoms with van der Waals surface area (Å²) in [6, 6.07) is 0.0903. The van der Waals surface area contributed by atoms with E-state index in [1.54, 1.807) is 4.90 Å². The van der Waals surface area contributed by atoms with E-state index in [-0.39, 0.29) is 18.0 Å². The molecule has 108 valence electrons. The molecule has 2 rings (SSSR count). The van der Waals surface area contributed by atoms with Crippen molar-refractivity contribution in [2.24, 2.45) is 0 Å². The van der Waals surface area contributed by atoms with Gasteiger partial charge in [-0.2, -0.15) is 0 Å². The summed E-state index contributed by atoms with van der Waals surface area (Å²) in [5.74, 6) is 0.155. The highest BCUT2D eigenvalue weighted by Crippen LogP contribution is 2.18. The normalized spacial score (nSPS) is 25.3. The van der Waals surface area contributed by atoms with Gasteiger partial charge in [-0.25, -0.2) is 4.79 Å². The maximum absolute atomic E-state index is 12.0. The molecule has 2 fully saturated rings. The Hall–Kier alpha value is -1.30. The molecule has 6 heteroatoms. The van der Waals surface area contributed by atoms with Gasteiger partial charge in [0, 0.05) is 26.2 Å². The van der Waals surface area contributed by atoms with Gasteiger partial charge in [-0.1, -0.05) is 0 Å². The van der Waals surface area contributed by atoms with Crippen LogP contribution in [0.1, 0.15) is 20.8 Å². The van der Waals surface area contributed by atoms with E-state index in [1.807, 2.05) is 37.6 Å². The van der Waals surface area contributed by atoms with Gasteiger partial charge in [0.1, 0.15) is 5.60 Å². The third kappa shape index (κ3) is 3.37. The van der Waals surface area contributed by atoms with E-state index >= 15 is 0 Å². The molecule has 0 aliphatic carbocycles. The van der Waals surface area contributed by atoms with Crippen molar-refractivity contribution in [2.75, 3.05) is 39.8 Å². The van der Waals surface area contributed by atoms with Gasteiger partial charge >= 0.3 is 6.09 Å². The minimum Gasteiger partial charge on any atom is -0.444 e. The molecule has 0 radical (unpaired) electrons. The highest BCUT2D eigenvalue weighted by atomic mass is 16.6. The van der Waals surface area contributed by atoms with Gasteiger partial charge in [0.2, 0.25) is 5.91 Å². The van der Waals surface area contributed by atoms with Crippen LogP contribution in [0.15, 0.2) is 0 Å². The standard InChI is InChI=1S/C13H23N3O3/c1-13(2,3)19-12(18)15-5-6-16-10(8-15)7-14(4)9-11(16)17/h10H,5-9H2,1-4H3/t10-/m1/s1. The van der Waals surface area contributed by atoms with Gasteiger partial charge in [0.05, 0.1) is 12.6 Å². The Kier molecular flexibility index (Phi) is 3.71. The monoisotopic (exact) mass is 269 g/mol. The first kappa shape index (κ1) is 14.1. The molecule has 0 spiro atoms. The third-order valence-corrected chi connectivity index (χ3v) is 3.38. The molecule has 2 amide bonds. The zero-order chi connectivity index (χ0) is 14.2. The average molecular weight is 269 g/mol. The number of piperazine rings is 2. The molecule has 0 N–H and O–H groups in total. The zero-order valence-electron chi connectivity index (χ0n) is 12.2. The molecule has 2 saturated heterocycles. The first-order valence-corrected chi connectivity index (χ1v) is 6.72. The number of fused-ring (bicyclic) bond motifs is 1. The van der Waals surface area contributed by atoms with Crippen LogP contribution in [0.4, 0.5) is 4.79 Å². The molecule has 0 saturated carbocycles. The maximum atomic E-state index is 12.0. The van der Waals surface area contributed by atoms with E-state index in [0.717, 1.165) is 6.54 Å². The highest BCUT2D eigenvalue weighted by molar-refractivity contribution is 5.80. The van der Waals surface area contributed by atoms with Crippen molar-refractivity contribution in [2.45, 2.75) is 32.4 Å². The number of rotatable bonds is 0. The second kappa shape index (κ2) is 5.00. The highest BCUT2D eigenvalue weighted by Gasteiger charge is 2.37. The minimum atomic E-state index is -0.479. The van der Waals surface area contributed by atoms with Gasteiger partial charge in [-0.05, 0) is 27.8 Å². The van der Waals surface area contributed by atoms with Crippen molar-refractivity contribution in [1.82, 2.24) is 14.7 Å². The summed E-state index contributed by atoms with van der Waals surface area (Å²) in [6.45, 7) is 8.59. The Morgan fingerprint density at radius 1 is 1.26 bits per heavy atom. The van der Waals surface area contributed by atoms with Crippen LogP contribution in [-0.4, -0.2) is 78.1 Å². The van der Waals surface area contributed by atoms with E-state index in [2.05, 4.69) is 0 Å². The van der Waals surface area contributed by atoms with E-state index in [9.17, 15) is 9.59 Å². The fourth-order valence-corrected chi connectivity index (χ4v) is 2.58. The molecule has 0 aromatic rings. The molecule has 19 heavy (non-hydrogen) atoms. The van der Waals surface area contributed by atoms with Crippen molar-refractivity contribution >= 4 is 12.0 Å². The van der Waals surface area contributed by atoms with Crippen LogP contribution in [0.5, 0.6) is 0 Å². The van der Waals surface area contributed by atoms with Crippen LogP contribution in [0.25, 0.3) is 0 Å². The number of carbonyl (C=O) groups is 2. The fraction of sp³-hybridized carbons (Fsp3) is 0.846. The largest absolute Gasteiger partial charge is 0.444 e. The van der Waals surface area contributed by atoms with E-state index < -0.39 is 5.60 Å². The number of nitrogens with zero attached hydrogens (tertiary/aromatic N) is 3. The molecule has 2 heterocycles. The minimum absolute atomic E-state index is 0.0903. The lowest BCUT2D eigenvalue weighted by atomic mass is 10.1. The smallest absolute Gasteiger partial charge is 0.410 e. The summed E-state index contributed by atoms with van der Waals surface area (Å²) in [6.07, 6.45) is -0.284. The Labute approximate surface area is 114 Å². The van der Waals surface area contributed by atoms with E-state index in [4.69, 9.17) is 4.74 Å². The SMILES string of the molecule is CN1CC(=O)N2CCN(C(=O)OC(C)(C)C)C[C@H]2C1. The van der Waals surface area contributed by atoms with Crippen molar-refractivity contribution < 1.29 is 14.3 Å². The molecule has 2 aliphatic heterocycles. The van der Waals surface area contributed by atoms with Crippen molar-refractivity contribution in [3.63, 3.8) is 0 Å². The second-order valence-corrected chi connectivity index (χ2v) is 6.36. The van der Waals surface area contributed by atoms with E-state index in [0.29, 0.717) is 26.2 Å². The Morgan fingerprint density at radius 2 is 1.95 bits per heavy atom. The summed E-state index contributed by atoms with van der Waals surface area (Å²) >= 11 is 0. The first-order valence-electron chi connectivity index (χ1n) is 6.72. The topological polar surface area (TPSA) is 53.1 Å². The summed E-state index contributed by atoms with van der Waals surface area (Å²) in [5, 5.41) is 0. The molecular weight excluding hydrogens is 246 g/mol. The van der Waals surface area contributed by atoms with Gasteiger partial charge in [-0.3, -0.25) is 9.69 Å². The number of amides is 2. The number of likely N-dealkylation sites (N-methyl/N-ethyl adjacent to an activating group) is 1. The lowest BCUT2D eigenvalue weighted by Gasteiger charge is -2.46. The van der Waals surface area contributed by atoms with Crippen molar-refractivity contribution in [3.05, 3.63) is 0 Å². The van der Waals surface area contributed by atoms with Crippen LogP contribution < -0.4 is 0 Å². The van der Waals surface area contributed by atoms with Crippen LogP contribution in [0, 0.1) is 0 Å². The predicted molar refractivity (Wildman–Crippen MR) is 70.8 cm³/mol. The quantitative estimate of drug-likeness (QED) is 0.638. The number of hydrogen-bond donors (Lipinski definition) is 0. The predicted octanol–water partition coefficient (Wildman–Crippen LogP) is 0.380. The molecule has 0 aromatic carbocycles. The molecular formula is C13H23N3O3. The lowest BCUT2D eigenvalue weighted by Crippen LogP contribution is -2.64. The van der Waals surface area contributed by atoms with E-state index in [1.165, 1.54) is 0 Å². The van der Waals surface area contributed by atoms with Crippen molar-refractivity contribution in [1.29, 1.82) is 0 Å². The van der Waals surface area contributed by atoms with Crippen LogP contribution in [-0.2, 0) is 9.53 Å². The van der Waals surface area contributed by atoms with Crippen molar-refractivity contribution in [3.8, 4) is 0 Å². The Bertz CT molecular complexity index is 378. The summed E-state index contributed by atoms with van der Waals surface area (Å²) in [7, 11) is 1.93. The maximum Gasteiger partial charge on any atom is 0.410 e. The Morgan fingerprint density at radius 3 is 2.58 bits per heavy atom. The van der Waals surface area contributed by atoms with Crippen LogP contribution in [0.3, 0.4) is 0 Å². The summed E-state index contributed by atoms with van der Waals surface area (Å²) in [4.78, 5) is 29.5. The van der Waals surface area contributed by atoms with Crippen LogP contribution >= 0.6 is 0 Å². The summed E-state index contributed by atoms with van der Waals surface area (Å²) in [5.41, 5.74) is -0.479. The van der Waals surface area contributed by atoms with Crippen LogP contribution in [0.2, 0.25) is 0 Å². The summed E-state index contributed by atoms with van der Waals surface area (Å²) < 4.78 is 5.38. The Balaban J connectivity index is 1.97. The molecule has 0 unspecified atom stereocenters. The molecule has 2 aliphatic rings. The van der Waals surface area contributed by atoms with Gasteiger partial charge < -0.3 is 14.5 Å². The molecule has 0 aromatic heterocycles.